The van der Waals surface area contributed by atoms with Gasteiger partial charge < -0.3 is 5.32 Å². The fourth-order valence-electron chi connectivity index (χ4n) is 3.69. The van der Waals surface area contributed by atoms with Crippen molar-refractivity contribution in [2.45, 2.75) is 23.8 Å². The van der Waals surface area contributed by atoms with E-state index >= 15 is 0 Å². The van der Waals surface area contributed by atoms with Crippen molar-refractivity contribution in [3.05, 3.63) is 89.4 Å². The molecule has 0 radical (unpaired) electrons. The Morgan fingerprint density at radius 3 is 2.49 bits per heavy atom. The van der Waals surface area contributed by atoms with Gasteiger partial charge in [0.1, 0.15) is 0 Å². The number of fused-ring (bicyclic) bond motifs is 1. The van der Waals surface area contributed by atoms with Gasteiger partial charge >= 0.3 is 0 Å². The lowest BCUT2D eigenvalue weighted by molar-refractivity contribution is -0.113. The van der Waals surface area contributed by atoms with Crippen LogP contribution in [-0.2, 0) is 14.8 Å². The predicted octanol–water partition coefficient (Wildman–Crippen LogP) is 6.14. The van der Waals surface area contributed by atoms with E-state index < -0.39 is 10.0 Å². The van der Waals surface area contributed by atoms with Crippen LogP contribution in [0.5, 0.6) is 0 Å². The molecule has 0 atom stereocenters. The lowest BCUT2D eigenvalue weighted by atomic mass is 10.1. The minimum Gasteiger partial charge on any atom is -0.324 e. The molecule has 6 nitrogen and oxygen atoms in total. The largest absolute Gasteiger partial charge is 0.324 e. The van der Waals surface area contributed by atoms with E-state index in [1.807, 2.05) is 43.3 Å². The third-order valence-electron chi connectivity index (χ3n) is 5.38. The first-order chi connectivity index (χ1) is 16.8. The molecule has 0 unspecified atom stereocenters. The van der Waals surface area contributed by atoms with Crippen molar-refractivity contribution in [1.29, 1.82) is 0 Å². The van der Waals surface area contributed by atoms with Crippen LogP contribution in [0.15, 0.2) is 88.8 Å². The number of anilines is 2. The summed E-state index contributed by atoms with van der Waals surface area (Å²) in [5, 5.41) is 4.80. The van der Waals surface area contributed by atoms with Crippen molar-refractivity contribution >= 4 is 61.6 Å². The highest BCUT2D eigenvalue weighted by Crippen LogP contribution is 2.30. The lowest BCUT2D eigenvalue weighted by Crippen LogP contribution is -2.30. The number of carbonyl (C=O) groups excluding carboxylic acids is 1. The Morgan fingerprint density at radius 2 is 1.74 bits per heavy atom. The van der Waals surface area contributed by atoms with Crippen molar-refractivity contribution in [2.75, 3.05) is 21.9 Å². The van der Waals surface area contributed by atoms with Crippen LogP contribution in [0.2, 0.25) is 5.02 Å². The van der Waals surface area contributed by atoms with Crippen LogP contribution >= 0.6 is 23.4 Å². The van der Waals surface area contributed by atoms with E-state index in [9.17, 15) is 13.2 Å². The lowest BCUT2D eigenvalue weighted by Gasteiger charge is -2.23. The third-order valence-corrected chi connectivity index (χ3v) is 8.52. The Morgan fingerprint density at radius 1 is 1.03 bits per heavy atom. The number of aromatic nitrogens is 1. The third kappa shape index (κ3) is 5.61. The van der Waals surface area contributed by atoms with Gasteiger partial charge in [0.2, 0.25) is 5.91 Å². The number of amides is 1. The van der Waals surface area contributed by atoms with Gasteiger partial charge in [-0.2, -0.15) is 0 Å². The van der Waals surface area contributed by atoms with Gasteiger partial charge in [0.05, 0.1) is 37.6 Å². The number of halogens is 1. The Kier molecular flexibility index (Phi) is 7.64. The smallest absolute Gasteiger partial charge is 0.264 e. The molecular formula is C26H24ClN3O3S2. The highest BCUT2D eigenvalue weighted by Gasteiger charge is 2.24. The molecule has 0 aliphatic heterocycles. The Labute approximate surface area is 214 Å². The molecule has 180 valence electrons. The second-order valence-corrected chi connectivity index (χ2v) is 11.0. The molecule has 0 saturated carbocycles. The monoisotopic (exact) mass is 525 g/mol. The standard InChI is InChI=1S/C26H24ClN3O3S2/c1-3-30(19-9-5-4-6-10-19)35(32,33)20-13-14-22(27)24(16-20)28-25(31)17-34-26-15-18(2)21-11-7-8-12-23(21)29-26/h4-16H,3,17H2,1-2H3,(H,28,31). The van der Waals surface area contributed by atoms with Crippen molar-refractivity contribution in [1.82, 2.24) is 4.98 Å². The van der Waals surface area contributed by atoms with E-state index in [0.29, 0.717) is 5.69 Å². The summed E-state index contributed by atoms with van der Waals surface area (Å²) >= 11 is 7.59. The molecule has 1 N–H and O–H groups in total. The van der Waals surface area contributed by atoms with E-state index in [4.69, 9.17) is 11.6 Å². The van der Waals surface area contributed by atoms with E-state index in [2.05, 4.69) is 10.3 Å². The second-order valence-electron chi connectivity index (χ2n) is 7.78. The highest BCUT2D eigenvalue weighted by atomic mass is 35.5. The summed E-state index contributed by atoms with van der Waals surface area (Å²) in [5.41, 5.74) is 2.75. The van der Waals surface area contributed by atoms with Gasteiger partial charge in [0.15, 0.2) is 0 Å². The summed E-state index contributed by atoms with van der Waals surface area (Å²) in [6.07, 6.45) is 0. The molecule has 0 bridgehead atoms. The Balaban J connectivity index is 1.50. The van der Waals surface area contributed by atoms with E-state index in [-0.39, 0.29) is 33.8 Å². The molecule has 3 aromatic carbocycles. The normalized spacial score (nSPS) is 11.4. The van der Waals surface area contributed by atoms with Crippen molar-refractivity contribution in [2.24, 2.45) is 0 Å². The van der Waals surface area contributed by atoms with Crippen LogP contribution in [0.25, 0.3) is 10.9 Å². The number of nitrogens with zero attached hydrogens (tertiary/aromatic N) is 2. The zero-order valence-corrected chi connectivity index (χ0v) is 21.6. The molecule has 0 saturated heterocycles. The number of benzene rings is 3. The first-order valence-electron chi connectivity index (χ1n) is 11.0. The number of carbonyl (C=O) groups is 1. The molecule has 0 aliphatic carbocycles. The van der Waals surface area contributed by atoms with Crippen LogP contribution < -0.4 is 9.62 Å². The molecule has 0 fully saturated rings. The zero-order chi connectivity index (χ0) is 25.0. The number of pyridine rings is 1. The number of rotatable bonds is 8. The molecule has 4 aromatic rings. The number of nitrogens with one attached hydrogen (secondary N) is 1. The molecule has 1 heterocycles. The van der Waals surface area contributed by atoms with E-state index in [0.717, 1.165) is 21.5 Å². The van der Waals surface area contributed by atoms with E-state index in [1.165, 1.54) is 34.3 Å². The van der Waals surface area contributed by atoms with Crippen LogP contribution in [0, 0.1) is 6.92 Å². The molecule has 1 amide bonds. The van der Waals surface area contributed by atoms with Crippen molar-refractivity contribution in [3.8, 4) is 0 Å². The van der Waals surface area contributed by atoms with Crippen LogP contribution in [-0.4, -0.2) is 31.6 Å². The topological polar surface area (TPSA) is 79.4 Å². The number of aryl methyl sites for hydroxylation is 1. The number of hydrogen-bond acceptors (Lipinski definition) is 5. The van der Waals surface area contributed by atoms with Crippen molar-refractivity contribution in [3.63, 3.8) is 0 Å². The first kappa shape index (κ1) is 25.0. The summed E-state index contributed by atoms with van der Waals surface area (Å²) in [4.78, 5) is 17.3. The average Bonchev–Trinajstić information content (AvgIpc) is 2.85. The molecular weight excluding hydrogens is 502 g/mol. The maximum atomic E-state index is 13.3. The van der Waals surface area contributed by atoms with Gasteiger partial charge in [-0.05, 0) is 61.9 Å². The number of thioether (sulfide) groups is 1. The quantitative estimate of drug-likeness (QED) is 0.279. The number of sulfonamides is 1. The minimum absolute atomic E-state index is 0.0439. The summed E-state index contributed by atoms with van der Waals surface area (Å²) in [6.45, 7) is 4.03. The first-order valence-corrected chi connectivity index (χ1v) is 13.8. The molecule has 9 heteroatoms. The van der Waals surface area contributed by atoms with Gasteiger partial charge in [-0.15, -0.1) is 0 Å². The van der Waals surface area contributed by atoms with Crippen LogP contribution in [0.3, 0.4) is 0 Å². The summed E-state index contributed by atoms with van der Waals surface area (Å²) < 4.78 is 28.0. The predicted molar refractivity (Wildman–Crippen MR) is 144 cm³/mol. The molecule has 4 rings (SSSR count). The number of para-hydroxylation sites is 2. The summed E-state index contributed by atoms with van der Waals surface area (Å²) in [6, 6.07) is 23.0. The fraction of sp³-hybridized carbons (Fsp3) is 0.154. The molecule has 1 aromatic heterocycles. The number of hydrogen-bond donors (Lipinski definition) is 1. The van der Waals surface area contributed by atoms with Gasteiger partial charge in [0, 0.05) is 11.9 Å². The Hall–Kier alpha value is -3.07. The zero-order valence-electron chi connectivity index (χ0n) is 19.2. The molecule has 0 spiro atoms. The maximum absolute atomic E-state index is 13.3. The van der Waals surface area contributed by atoms with Crippen LogP contribution in [0.1, 0.15) is 12.5 Å². The molecule has 35 heavy (non-hydrogen) atoms. The summed E-state index contributed by atoms with van der Waals surface area (Å²) in [7, 11) is -3.85. The van der Waals surface area contributed by atoms with Crippen molar-refractivity contribution < 1.29 is 13.2 Å². The fourth-order valence-corrected chi connectivity index (χ4v) is 6.13. The second kappa shape index (κ2) is 10.7. The van der Waals surface area contributed by atoms with Gasteiger partial charge in [-0.25, -0.2) is 13.4 Å². The van der Waals surface area contributed by atoms with Gasteiger partial charge in [-0.1, -0.05) is 59.8 Å². The van der Waals surface area contributed by atoms with Gasteiger partial charge in [0.25, 0.3) is 10.0 Å². The van der Waals surface area contributed by atoms with Gasteiger partial charge in [-0.3, -0.25) is 9.10 Å². The van der Waals surface area contributed by atoms with E-state index in [1.54, 1.807) is 31.2 Å². The minimum atomic E-state index is -3.85. The summed E-state index contributed by atoms with van der Waals surface area (Å²) in [5.74, 6) is -0.210. The highest BCUT2D eigenvalue weighted by molar-refractivity contribution is 7.99. The Bertz CT molecular complexity index is 1480. The molecule has 0 aliphatic rings. The average molecular weight is 526 g/mol. The van der Waals surface area contributed by atoms with Crippen LogP contribution in [0.4, 0.5) is 11.4 Å². The maximum Gasteiger partial charge on any atom is 0.264 e. The SMILES string of the molecule is CCN(c1ccccc1)S(=O)(=O)c1ccc(Cl)c(NC(=O)CSc2cc(C)c3ccccc3n2)c1.